The van der Waals surface area contributed by atoms with E-state index in [2.05, 4.69) is 0 Å². The van der Waals surface area contributed by atoms with E-state index in [0.717, 1.165) is 6.26 Å². The molecule has 0 saturated carbocycles. The summed E-state index contributed by atoms with van der Waals surface area (Å²) in [6.07, 6.45) is 4.16. The molecule has 0 N–H and O–H groups in total. The lowest BCUT2D eigenvalue weighted by Gasteiger charge is -2.16. The summed E-state index contributed by atoms with van der Waals surface area (Å²) in [4.78, 5) is -0.241. The van der Waals surface area contributed by atoms with E-state index >= 15 is 0 Å². The van der Waals surface area contributed by atoms with Gasteiger partial charge in [0.1, 0.15) is 11.0 Å². The second-order valence-electron chi connectivity index (χ2n) is 3.52. The van der Waals surface area contributed by atoms with Crippen LogP contribution in [0, 0.1) is 11.3 Å². The Hall–Kier alpha value is -1.74. The van der Waals surface area contributed by atoms with E-state index in [0.29, 0.717) is 5.69 Å². The molecule has 0 atom stereocenters. The van der Waals surface area contributed by atoms with E-state index in [1.165, 1.54) is 6.08 Å². The summed E-state index contributed by atoms with van der Waals surface area (Å²) >= 11 is 0. The van der Waals surface area contributed by atoms with Gasteiger partial charge in [0.15, 0.2) is 9.84 Å². The van der Waals surface area contributed by atoms with Crippen molar-refractivity contribution in [1.29, 1.82) is 5.26 Å². The van der Waals surface area contributed by atoms with Gasteiger partial charge in [-0.1, -0.05) is 0 Å². The van der Waals surface area contributed by atoms with Gasteiger partial charge in [0.05, 0.1) is 5.69 Å². The highest BCUT2D eigenvalue weighted by Gasteiger charge is 2.11. The van der Waals surface area contributed by atoms with Gasteiger partial charge < -0.3 is 5.01 Å². The molecule has 1 aromatic rings. The molecule has 0 bridgehead atoms. The molecule has 0 saturated heterocycles. The molecule has 1 heterocycles. The van der Waals surface area contributed by atoms with E-state index in [-0.39, 0.29) is 4.91 Å². The van der Waals surface area contributed by atoms with Gasteiger partial charge in [0.2, 0.25) is 0 Å². The van der Waals surface area contributed by atoms with Gasteiger partial charge in [0.25, 0.3) is 0 Å². The summed E-state index contributed by atoms with van der Waals surface area (Å²) in [5.74, 6) is 0. The number of aromatic nitrogens is 1. The molecule has 5 nitrogen and oxygen atoms in total. The Morgan fingerprint density at radius 2 is 2.19 bits per heavy atom. The third kappa shape index (κ3) is 2.64. The van der Waals surface area contributed by atoms with Crippen LogP contribution in [0.15, 0.2) is 23.2 Å². The Morgan fingerprint density at radius 3 is 2.62 bits per heavy atom. The fourth-order valence-corrected chi connectivity index (χ4v) is 1.72. The van der Waals surface area contributed by atoms with Gasteiger partial charge in [-0.25, -0.2) is 8.42 Å². The van der Waals surface area contributed by atoms with Crippen LogP contribution in [0.5, 0.6) is 0 Å². The first-order chi connectivity index (χ1) is 7.36. The molecular formula is C10H13N3O2S. The van der Waals surface area contributed by atoms with Crippen molar-refractivity contribution in [2.45, 2.75) is 0 Å². The fraction of sp³-hybridized carbons (Fsp3) is 0.300. The Balaban J connectivity index is 3.27. The van der Waals surface area contributed by atoms with Gasteiger partial charge in [-0.3, -0.25) is 4.68 Å². The lowest BCUT2D eigenvalue weighted by Crippen LogP contribution is -2.24. The number of allylic oxidation sites excluding steroid dienone is 1. The molecule has 6 heteroatoms. The maximum Gasteiger partial charge on any atom is 0.185 e. The summed E-state index contributed by atoms with van der Waals surface area (Å²) in [6, 6.07) is 5.21. The minimum atomic E-state index is -3.47. The van der Waals surface area contributed by atoms with Crippen LogP contribution >= 0.6 is 0 Å². The number of hydrogen-bond donors (Lipinski definition) is 0. The molecular weight excluding hydrogens is 226 g/mol. The zero-order valence-electron chi connectivity index (χ0n) is 9.38. The Morgan fingerprint density at radius 1 is 1.56 bits per heavy atom. The van der Waals surface area contributed by atoms with E-state index in [1.807, 2.05) is 14.1 Å². The van der Waals surface area contributed by atoms with Gasteiger partial charge in [-0.15, -0.1) is 0 Å². The molecule has 0 spiro atoms. The van der Waals surface area contributed by atoms with Crippen molar-refractivity contribution in [3.8, 4) is 6.07 Å². The average molecular weight is 239 g/mol. The smallest absolute Gasteiger partial charge is 0.185 e. The van der Waals surface area contributed by atoms with Crippen molar-refractivity contribution in [3.63, 3.8) is 0 Å². The van der Waals surface area contributed by atoms with E-state index in [4.69, 9.17) is 5.26 Å². The van der Waals surface area contributed by atoms with Crippen LogP contribution in [0.4, 0.5) is 0 Å². The predicted molar refractivity (Wildman–Crippen MR) is 62.9 cm³/mol. The average Bonchev–Trinajstić information content (AvgIpc) is 2.59. The van der Waals surface area contributed by atoms with Gasteiger partial charge in [-0.2, -0.15) is 5.26 Å². The molecule has 16 heavy (non-hydrogen) atoms. The second kappa shape index (κ2) is 4.41. The SMILES string of the molecule is CN(C)n1cccc1C=C(C#N)S(C)(=O)=O. The zero-order chi connectivity index (χ0) is 12.3. The summed E-state index contributed by atoms with van der Waals surface area (Å²) in [5.41, 5.74) is 0.645. The van der Waals surface area contributed by atoms with E-state index < -0.39 is 9.84 Å². The third-order valence-electron chi connectivity index (χ3n) is 1.98. The summed E-state index contributed by atoms with van der Waals surface area (Å²) in [7, 11) is 0.181. The first-order valence-electron chi connectivity index (χ1n) is 4.53. The highest BCUT2D eigenvalue weighted by molar-refractivity contribution is 7.95. The second-order valence-corrected chi connectivity index (χ2v) is 5.50. The molecule has 0 aliphatic rings. The number of hydrogen-bond acceptors (Lipinski definition) is 4. The minimum Gasteiger partial charge on any atom is -0.319 e. The highest BCUT2D eigenvalue weighted by Crippen LogP contribution is 2.11. The van der Waals surface area contributed by atoms with Crippen LogP contribution in [0.1, 0.15) is 5.69 Å². The van der Waals surface area contributed by atoms with E-state index in [1.54, 1.807) is 34.1 Å². The maximum absolute atomic E-state index is 11.3. The molecule has 0 fully saturated rings. The molecule has 1 rings (SSSR count). The van der Waals surface area contributed by atoms with Crippen molar-refractivity contribution in [2.75, 3.05) is 25.4 Å². The van der Waals surface area contributed by atoms with Crippen LogP contribution in [-0.4, -0.2) is 33.4 Å². The van der Waals surface area contributed by atoms with Gasteiger partial charge in [-0.05, 0) is 18.2 Å². The molecule has 0 unspecified atom stereocenters. The standard InChI is InChI=1S/C10H13N3O2S/c1-12(2)13-6-4-5-9(13)7-10(8-11)16(3,14)15/h4-7H,1-3H3. The highest BCUT2D eigenvalue weighted by atomic mass is 32.2. The number of sulfone groups is 1. The Kier molecular flexibility index (Phi) is 3.40. The van der Waals surface area contributed by atoms with Crippen molar-refractivity contribution in [3.05, 3.63) is 28.9 Å². The van der Waals surface area contributed by atoms with Crippen LogP contribution in [0.2, 0.25) is 0 Å². The topological polar surface area (TPSA) is 66.1 Å². The summed E-state index contributed by atoms with van der Waals surface area (Å²) < 4.78 is 24.3. The molecule has 86 valence electrons. The van der Waals surface area contributed by atoms with Crippen LogP contribution in [0.25, 0.3) is 6.08 Å². The first kappa shape index (κ1) is 12.3. The fourth-order valence-electron chi connectivity index (χ4n) is 1.22. The Bertz CT molecular complexity index is 547. The zero-order valence-corrected chi connectivity index (χ0v) is 10.2. The quantitative estimate of drug-likeness (QED) is 0.724. The molecule has 1 aromatic heterocycles. The van der Waals surface area contributed by atoms with Gasteiger partial charge in [0, 0.05) is 26.5 Å². The van der Waals surface area contributed by atoms with Crippen LogP contribution in [0.3, 0.4) is 0 Å². The Labute approximate surface area is 95.1 Å². The number of rotatable bonds is 3. The maximum atomic E-state index is 11.3. The predicted octanol–water partition coefficient (Wildman–Crippen LogP) is 0.595. The summed E-state index contributed by atoms with van der Waals surface area (Å²) in [5, 5.41) is 10.6. The molecule has 0 aliphatic heterocycles. The molecule has 0 amide bonds. The van der Waals surface area contributed by atoms with Gasteiger partial charge >= 0.3 is 0 Å². The van der Waals surface area contributed by atoms with E-state index in [9.17, 15) is 8.42 Å². The normalized spacial score (nSPS) is 12.2. The van der Waals surface area contributed by atoms with Crippen molar-refractivity contribution >= 4 is 15.9 Å². The lowest BCUT2D eigenvalue weighted by atomic mass is 10.4. The third-order valence-corrected chi connectivity index (χ3v) is 2.99. The molecule has 0 radical (unpaired) electrons. The monoisotopic (exact) mass is 239 g/mol. The summed E-state index contributed by atoms with van der Waals surface area (Å²) in [6.45, 7) is 0. The largest absolute Gasteiger partial charge is 0.319 e. The molecule has 0 aliphatic carbocycles. The first-order valence-corrected chi connectivity index (χ1v) is 6.42. The lowest BCUT2D eigenvalue weighted by molar-refractivity contribution is 0.609. The number of nitrogens with zero attached hydrogens (tertiary/aromatic N) is 3. The van der Waals surface area contributed by atoms with Crippen LogP contribution in [-0.2, 0) is 9.84 Å². The van der Waals surface area contributed by atoms with Crippen molar-refractivity contribution in [2.24, 2.45) is 0 Å². The van der Waals surface area contributed by atoms with Crippen molar-refractivity contribution in [1.82, 2.24) is 4.68 Å². The minimum absolute atomic E-state index is 0.241. The van der Waals surface area contributed by atoms with Crippen molar-refractivity contribution < 1.29 is 8.42 Å². The number of nitriles is 1. The molecule has 0 aromatic carbocycles. The van der Waals surface area contributed by atoms with Crippen LogP contribution < -0.4 is 5.01 Å².